The van der Waals surface area contributed by atoms with Crippen LogP contribution in [0.4, 0.5) is 11.4 Å². The van der Waals surface area contributed by atoms with Crippen molar-refractivity contribution < 1.29 is 24.4 Å². The third kappa shape index (κ3) is 4.26. The number of ether oxygens (including phenoxy) is 1. The lowest BCUT2D eigenvalue weighted by molar-refractivity contribution is -0.384. The van der Waals surface area contributed by atoms with Gasteiger partial charge in [-0.15, -0.1) is 0 Å². The Bertz CT molecular complexity index is 820. The highest BCUT2D eigenvalue weighted by atomic mass is 16.6. The van der Waals surface area contributed by atoms with Crippen molar-refractivity contribution in [1.29, 1.82) is 0 Å². The van der Waals surface area contributed by atoms with Crippen molar-refractivity contribution in [2.75, 3.05) is 25.1 Å². The molecule has 1 aromatic carbocycles. The summed E-state index contributed by atoms with van der Waals surface area (Å²) in [5, 5.41) is 26.0. The summed E-state index contributed by atoms with van der Waals surface area (Å²) in [5.74, 6) is 0.901. The first-order valence-corrected chi connectivity index (χ1v) is 10.5. The molecule has 4 bridgehead atoms. The number of benzene rings is 1. The zero-order chi connectivity index (χ0) is 21.3. The molecule has 4 aliphatic rings. The zero-order valence-corrected chi connectivity index (χ0v) is 16.8. The first-order valence-electron chi connectivity index (χ1n) is 10.5. The van der Waals surface area contributed by atoms with Crippen molar-refractivity contribution >= 4 is 23.3 Å². The second kappa shape index (κ2) is 8.22. The van der Waals surface area contributed by atoms with Gasteiger partial charge in [-0.1, -0.05) is 0 Å². The molecule has 0 radical (unpaired) electrons. The standard InChI is InChI=1S/C21H27N3O6/c25-4-3-22-18-2-1-16(24(28)29)8-17(18)20(27)30-12-19(26)23-21-9-13-5-14(10-21)7-15(6-13)11-21/h1-2,8,13-15,22,25H,3-7,9-12H2,(H,23,26). The summed E-state index contributed by atoms with van der Waals surface area (Å²) in [6.45, 7) is -0.424. The van der Waals surface area contributed by atoms with E-state index >= 15 is 0 Å². The third-order valence-electron chi connectivity index (χ3n) is 6.64. The van der Waals surface area contributed by atoms with Crippen LogP contribution in [0.3, 0.4) is 0 Å². The van der Waals surface area contributed by atoms with E-state index in [0.29, 0.717) is 23.4 Å². The number of hydrogen-bond acceptors (Lipinski definition) is 7. The smallest absolute Gasteiger partial charge is 0.341 e. The normalized spacial score (nSPS) is 28.8. The minimum atomic E-state index is -0.820. The molecular weight excluding hydrogens is 390 g/mol. The molecule has 4 fully saturated rings. The Morgan fingerprint density at radius 1 is 1.17 bits per heavy atom. The molecule has 162 valence electrons. The molecule has 0 aliphatic heterocycles. The van der Waals surface area contributed by atoms with Crippen LogP contribution in [-0.2, 0) is 9.53 Å². The number of anilines is 1. The number of aliphatic hydroxyl groups is 1. The number of amides is 1. The van der Waals surface area contributed by atoms with Gasteiger partial charge in [-0.25, -0.2) is 4.79 Å². The number of nitrogens with zero attached hydrogens (tertiary/aromatic N) is 1. The number of carbonyl (C=O) groups is 2. The van der Waals surface area contributed by atoms with Crippen molar-refractivity contribution in [3.05, 3.63) is 33.9 Å². The average Bonchev–Trinajstić information content (AvgIpc) is 2.68. The van der Waals surface area contributed by atoms with Crippen molar-refractivity contribution in [2.24, 2.45) is 17.8 Å². The van der Waals surface area contributed by atoms with Gasteiger partial charge >= 0.3 is 5.97 Å². The average molecular weight is 417 g/mol. The van der Waals surface area contributed by atoms with E-state index in [9.17, 15) is 19.7 Å². The van der Waals surface area contributed by atoms with E-state index < -0.39 is 17.5 Å². The van der Waals surface area contributed by atoms with Crippen molar-refractivity contribution in [2.45, 2.75) is 44.1 Å². The van der Waals surface area contributed by atoms with E-state index in [1.807, 2.05) is 0 Å². The fourth-order valence-corrected chi connectivity index (χ4v) is 5.96. The fourth-order valence-electron chi connectivity index (χ4n) is 5.96. The fraction of sp³-hybridized carbons (Fsp3) is 0.619. The number of rotatable bonds is 8. The van der Waals surface area contributed by atoms with E-state index in [0.717, 1.165) is 25.3 Å². The molecule has 9 heteroatoms. The summed E-state index contributed by atoms with van der Waals surface area (Å²) < 4.78 is 5.18. The molecule has 9 nitrogen and oxygen atoms in total. The van der Waals surface area contributed by atoms with Crippen LogP contribution in [0.5, 0.6) is 0 Å². The van der Waals surface area contributed by atoms with Crippen LogP contribution < -0.4 is 10.6 Å². The van der Waals surface area contributed by atoms with Crippen molar-refractivity contribution in [1.82, 2.24) is 5.32 Å². The van der Waals surface area contributed by atoms with Gasteiger partial charge in [-0.05, 0) is 62.3 Å². The predicted molar refractivity (Wildman–Crippen MR) is 108 cm³/mol. The molecule has 1 aromatic rings. The third-order valence-corrected chi connectivity index (χ3v) is 6.64. The Morgan fingerprint density at radius 3 is 2.37 bits per heavy atom. The number of non-ortho nitro benzene ring substituents is 1. The van der Waals surface area contributed by atoms with E-state index in [1.54, 1.807) is 0 Å². The first kappa shape index (κ1) is 20.6. The molecule has 5 rings (SSSR count). The molecule has 1 amide bonds. The molecule has 4 saturated carbocycles. The number of esters is 1. The minimum absolute atomic E-state index is 0.0414. The summed E-state index contributed by atoms with van der Waals surface area (Å²) in [7, 11) is 0. The lowest BCUT2D eigenvalue weighted by Gasteiger charge is -2.56. The molecule has 0 aromatic heterocycles. The van der Waals surface area contributed by atoms with Crippen LogP contribution in [0, 0.1) is 27.9 Å². The van der Waals surface area contributed by atoms with Gasteiger partial charge in [0.1, 0.15) is 0 Å². The Labute approximate surface area is 174 Å². The van der Waals surface area contributed by atoms with Crippen LogP contribution >= 0.6 is 0 Å². The zero-order valence-electron chi connectivity index (χ0n) is 16.8. The number of nitro groups is 1. The molecule has 0 unspecified atom stereocenters. The van der Waals surface area contributed by atoms with E-state index in [4.69, 9.17) is 9.84 Å². The van der Waals surface area contributed by atoms with Gasteiger partial charge < -0.3 is 20.5 Å². The number of aliphatic hydroxyl groups excluding tert-OH is 1. The van der Waals surface area contributed by atoms with Gasteiger partial charge in [0.15, 0.2) is 6.61 Å². The van der Waals surface area contributed by atoms with Crippen LogP contribution in [0.25, 0.3) is 0 Å². The SMILES string of the molecule is O=C(COC(=O)c1cc([N+](=O)[O-])ccc1NCCO)NC12CC3CC(CC(C3)C1)C2. The van der Waals surface area contributed by atoms with E-state index in [1.165, 1.54) is 31.4 Å². The molecular formula is C21H27N3O6. The Hall–Kier alpha value is -2.68. The number of hydrogen-bond donors (Lipinski definition) is 3. The van der Waals surface area contributed by atoms with Crippen molar-refractivity contribution in [3.63, 3.8) is 0 Å². The van der Waals surface area contributed by atoms with Crippen LogP contribution in [0.1, 0.15) is 48.9 Å². The Balaban J connectivity index is 1.39. The second-order valence-corrected chi connectivity index (χ2v) is 8.96. The number of nitrogens with one attached hydrogen (secondary N) is 2. The van der Waals surface area contributed by atoms with Crippen LogP contribution in [0.15, 0.2) is 18.2 Å². The highest BCUT2D eigenvalue weighted by molar-refractivity contribution is 5.97. The maximum Gasteiger partial charge on any atom is 0.341 e. The van der Waals surface area contributed by atoms with E-state index in [-0.39, 0.29) is 35.8 Å². The summed E-state index contributed by atoms with van der Waals surface area (Å²) in [4.78, 5) is 35.5. The monoisotopic (exact) mass is 417 g/mol. The van der Waals surface area contributed by atoms with Gasteiger partial charge in [0.25, 0.3) is 11.6 Å². The summed E-state index contributed by atoms with van der Waals surface area (Å²) in [6.07, 6.45) is 6.79. The van der Waals surface area contributed by atoms with Gasteiger partial charge in [-0.3, -0.25) is 14.9 Å². The number of nitro benzene ring substituents is 1. The maximum absolute atomic E-state index is 12.6. The number of carbonyl (C=O) groups excluding carboxylic acids is 2. The van der Waals surface area contributed by atoms with Gasteiger partial charge in [0, 0.05) is 29.9 Å². The van der Waals surface area contributed by atoms with Crippen molar-refractivity contribution in [3.8, 4) is 0 Å². The summed E-state index contributed by atoms with van der Waals surface area (Å²) in [6, 6.07) is 3.76. The maximum atomic E-state index is 12.6. The molecule has 4 aliphatic carbocycles. The van der Waals surface area contributed by atoms with Crippen LogP contribution in [-0.4, -0.2) is 47.2 Å². The Morgan fingerprint density at radius 2 is 1.80 bits per heavy atom. The molecule has 30 heavy (non-hydrogen) atoms. The minimum Gasteiger partial charge on any atom is -0.452 e. The molecule has 3 N–H and O–H groups in total. The summed E-state index contributed by atoms with van der Waals surface area (Å²) in [5.41, 5.74) is -0.159. The highest BCUT2D eigenvalue weighted by Crippen LogP contribution is 2.55. The van der Waals surface area contributed by atoms with Gasteiger partial charge in [0.05, 0.1) is 17.1 Å². The molecule has 0 atom stereocenters. The first-order chi connectivity index (χ1) is 14.4. The largest absolute Gasteiger partial charge is 0.452 e. The predicted octanol–water partition coefficient (Wildman–Crippen LogP) is 2.24. The lowest BCUT2D eigenvalue weighted by atomic mass is 9.53. The quantitative estimate of drug-likeness (QED) is 0.336. The molecule has 0 heterocycles. The van der Waals surface area contributed by atoms with E-state index in [2.05, 4.69) is 10.6 Å². The highest BCUT2D eigenvalue weighted by Gasteiger charge is 2.51. The van der Waals surface area contributed by atoms with Gasteiger partial charge in [-0.2, -0.15) is 0 Å². The molecule has 0 saturated heterocycles. The van der Waals surface area contributed by atoms with Crippen LogP contribution in [0.2, 0.25) is 0 Å². The Kier molecular flexibility index (Phi) is 5.64. The topological polar surface area (TPSA) is 131 Å². The van der Waals surface area contributed by atoms with Gasteiger partial charge in [0.2, 0.25) is 0 Å². The second-order valence-electron chi connectivity index (χ2n) is 8.96. The summed E-state index contributed by atoms with van der Waals surface area (Å²) >= 11 is 0. The lowest BCUT2D eigenvalue weighted by Crippen LogP contribution is -2.60. The molecule has 0 spiro atoms.